The highest BCUT2D eigenvalue weighted by atomic mass is 32.2. The van der Waals surface area contributed by atoms with Crippen LogP contribution < -0.4 is 5.32 Å². The van der Waals surface area contributed by atoms with Crippen LogP contribution in [0.15, 0.2) is 0 Å². The molecule has 0 radical (unpaired) electrons. The Kier molecular flexibility index (Phi) is 8.88. The normalized spacial score (nSPS) is 14.2. The lowest BCUT2D eigenvalue weighted by Gasteiger charge is -2.10. The van der Waals surface area contributed by atoms with E-state index in [0.717, 1.165) is 25.3 Å². The molecule has 0 fully saturated rings. The molecule has 0 aliphatic rings. The smallest absolute Gasteiger partial charge is 0.151 e. The number of sulfone groups is 1. The third-order valence-corrected chi connectivity index (χ3v) is 4.86. The van der Waals surface area contributed by atoms with E-state index in [2.05, 4.69) is 19.2 Å². The third kappa shape index (κ3) is 10.8. The molecular weight excluding hydrogens is 234 g/mol. The summed E-state index contributed by atoms with van der Waals surface area (Å²) in [5.41, 5.74) is 0. The molecule has 0 saturated carbocycles. The molecule has 0 aliphatic carbocycles. The zero-order valence-electron chi connectivity index (χ0n) is 11.8. The SMILES string of the molecule is CCC(C)CS(=O)(=O)CCNCCCC(C)C. The van der Waals surface area contributed by atoms with Crippen molar-refractivity contribution in [2.45, 2.75) is 47.0 Å². The van der Waals surface area contributed by atoms with Gasteiger partial charge in [-0.3, -0.25) is 0 Å². The van der Waals surface area contributed by atoms with Crippen molar-refractivity contribution in [3.63, 3.8) is 0 Å². The third-order valence-electron chi connectivity index (χ3n) is 2.96. The predicted octanol–water partition coefficient (Wildman–Crippen LogP) is 2.47. The van der Waals surface area contributed by atoms with Gasteiger partial charge in [0.05, 0.1) is 11.5 Å². The van der Waals surface area contributed by atoms with Gasteiger partial charge in [-0.1, -0.05) is 34.1 Å². The van der Waals surface area contributed by atoms with Crippen molar-refractivity contribution < 1.29 is 8.42 Å². The van der Waals surface area contributed by atoms with Crippen LogP contribution in [0.2, 0.25) is 0 Å². The highest BCUT2D eigenvalue weighted by Crippen LogP contribution is 2.05. The summed E-state index contributed by atoms with van der Waals surface area (Å²) in [5.74, 6) is 1.61. The molecule has 0 saturated heterocycles. The molecule has 17 heavy (non-hydrogen) atoms. The van der Waals surface area contributed by atoms with Gasteiger partial charge in [-0.25, -0.2) is 8.42 Å². The molecule has 0 aromatic heterocycles. The first kappa shape index (κ1) is 16.9. The fourth-order valence-corrected chi connectivity index (χ4v) is 3.35. The minimum atomic E-state index is -2.86. The molecular formula is C13H29NO2S. The minimum Gasteiger partial charge on any atom is -0.316 e. The zero-order valence-corrected chi connectivity index (χ0v) is 12.6. The Morgan fingerprint density at radius 2 is 1.76 bits per heavy atom. The van der Waals surface area contributed by atoms with Crippen LogP contribution in [0.5, 0.6) is 0 Å². The van der Waals surface area contributed by atoms with Crippen LogP contribution in [0, 0.1) is 11.8 Å². The van der Waals surface area contributed by atoms with Crippen molar-refractivity contribution in [1.29, 1.82) is 0 Å². The van der Waals surface area contributed by atoms with E-state index >= 15 is 0 Å². The van der Waals surface area contributed by atoms with Gasteiger partial charge < -0.3 is 5.32 Å². The van der Waals surface area contributed by atoms with Crippen molar-refractivity contribution in [3.05, 3.63) is 0 Å². The maximum absolute atomic E-state index is 11.7. The lowest BCUT2D eigenvalue weighted by molar-refractivity contribution is 0.529. The molecule has 0 rings (SSSR count). The Labute approximate surface area is 107 Å². The molecule has 1 atom stereocenters. The van der Waals surface area contributed by atoms with Gasteiger partial charge >= 0.3 is 0 Å². The summed E-state index contributed by atoms with van der Waals surface area (Å²) < 4.78 is 23.4. The second-order valence-corrected chi connectivity index (χ2v) is 7.64. The van der Waals surface area contributed by atoms with Gasteiger partial charge in [-0.05, 0) is 31.2 Å². The standard InChI is InChI=1S/C13H29NO2S/c1-5-13(4)11-17(15,16)10-9-14-8-6-7-12(2)3/h12-14H,5-11H2,1-4H3. The van der Waals surface area contributed by atoms with Gasteiger partial charge in [0, 0.05) is 6.54 Å². The van der Waals surface area contributed by atoms with Gasteiger partial charge in [0.1, 0.15) is 0 Å². The fourth-order valence-electron chi connectivity index (χ4n) is 1.62. The Morgan fingerprint density at radius 3 is 2.29 bits per heavy atom. The van der Waals surface area contributed by atoms with Crippen LogP contribution in [-0.2, 0) is 9.84 Å². The van der Waals surface area contributed by atoms with Crippen LogP contribution >= 0.6 is 0 Å². The van der Waals surface area contributed by atoms with Crippen LogP contribution in [0.3, 0.4) is 0 Å². The van der Waals surface area contributed by atoms with E-state index in [4.69, 9.17) is 0 Å². The van der Waals surface area contributed by atoms with Gasteiger partial charge in [-0.15, -0.1) is 0 Å². The molecule has 104 valence electrons. The van der Waals surface area contributed by atoms with Crippen LogP contribution in [0.4, 0.5) is 0 Å². The summed E-state index contributed by atoms with van der Waals surface area (Å²) in [6, 6.07) is 0. The molecule has 1 N–H and O–H groups in total. The number of nitrogens with one attached hydrogen (secondary N) is 1. The number of hydrogen-bond donors (Lipinski definition) is 1. The summed E-state index contributed by atoms with van der Waals surface area (Å²) in [5, 5.41) is 3.21. The predicted molar refractivity (Wildman–Crippen MR) is 75.1 cm³/mol. The minimum absolute atomic E-state index is 0.277. The fraction of sp³-hybridized carbons (Fsp3) is 1.00. The molecule has 4 heteroatoms. The Balaban J connectivity index is 3.59. The van der Waals surface area contributed by atoms with Crippen molar-refractivity contribution >= 4 is 9.84 Å². The highest BCUT2D eigenvalue weighted by Gasteiger charge is 2.13. The molecule has 0 amide bonds. The molecule has 1 unspecified atom stereocenters. The second kappa shape index (κ2) is 8.92. The zero-order chi connectivity index (χ0) is 13.3. The van der Waals surface area contributed by atoms with Gasteiger partial charge in [-0.2, -0.15) is 0 Å². The summed E-state index contributed by atoms with van der Waals surface area (Å²) in [7, 11) is -2.86. The quantitative estimate of drug-likeness (QED) is 0.616. The first-order valence-corrected chi connectivity index (χ1v) is 8.60. The molecule has 0 aromatic carbocycles. The Morgan fingerprint density at radius 1 is 1.12 bits per heavy atom. The summed E-state index contributed by atoms with van der Waals surface area (Å²) in [6.07, 6.45) is 3.26. The highest BCUT2D eigenvalue weighted by molar-refractivity contribution is 7.91. The molecule has 0 aliphatic heterocycles. The second-order valence-electron chi connectivity index (χ2n) is 5.41. The molecule has 0 bridgehead atoms. The summed E-state index contributed by atoms with van der Waals surface area (Å²) in [4.78, 5) is 0. The van der Waals surface area contributed by atoms with Crippen molar-refractivity contribution in [2.24, 2.45) is 11.8 Å². The number of rotatable bonds is 10. The molecule has 0 aromatic rings. The van der Waals surface area contributed by atoms with E-state index in [1.54, 1.807) is 0 Å². The van der Waals surface area contributed by atoms with Crippen molar-refractivity contribution in [3.8, 4) is 0 Å². The van der Waals surface area contributed by atoms with E-state index in [1.807, 2.05) is 13.8 Å². The first-order valence-electron chi connectivity index (χ1n) is 6.78. The first-order chi connectivity index (χ1) is 7.87. The molecule has 3 nitrogen and oxygen atoms in total. The molecule has 0 heterocycles. The van der Waals surface area contributed by atoms with E-state index < -0.39 is 9.84 Å². The van der Waals surface area contributed by atoms with Crippen LogP contribution in [0.25, 0.3) is 0 Å². The van der Waals surface area contributed by atoms with E-state index in [0.29, 0.717) is 12.3 Å². The molecule has 0 spiro atoms. The maximum atomic E-state index is 11.7. The largest absolute Gasteiger partial charge is 0.316 e. The lowest BCUT2D eigenvalue weighted by atomic mass is 10.1. The van der Waals surface area contributed by atoms with E-state index in [-0.39, 0.29) is 11.7 Å². The Hall–Kier alpha value is -0.0900. The average Bonchev–Trinajstić information content (AvgIpc) is 2.22. The topological polar surface area (TPSA) is 46.2 Å². The summed E-state index contributed by atoms with van der Waals surface area (Å²) >= 11 is 0. The summed E-state index contributed by atoms with van der Waals surface area (Å²) in [6.45, 7) is 9.96. The van der Waals surface area contributed by atoms with E-state index in [1.165, 1.54) is 6.42 Å². The van der Waals surface area contributed by atoms with Gasteiger partial charge in [0.15, 0.2) is 9.84 Å². The lowest BCUT2D eigenvalue weighted by Crippen LogP contribution is -2.27. The van der Waals surface area contributed by atoms with Crippen LogP contribution in [0.1, 0.15) is 47.0 Å². The van der Waals surface area contributed by atoms with E-state index in [9.17, 15) is 8.42 Å². The van der Waals surface area contributed by atoms with Gasteiger partial charge in [0.25, 0.3) is 0 Å². The van der Waals surface area contributed by atoms with Crippen molar-refractivity contribution in [1.82, 2.24) is 5.32 Å². The average molecular weight is 263 g/mol. The monoisotopic (exact) mass is 263 g/mol. The Bertz CT molecular complexity index is 273. The van der Waals surface area contributed by atoms with Gasteiger partial charge in [0.2, 0.25) is 0 Å². The maximum Gasteiger partial charge on any atom is 0.151 e. The van der Waals surface area contributed by atoms with Crippen molar-refractivity contribution in [2.75, 3.05) is 24.6 Å². The number of hydrogen-bond acceptors (Lipinski definition) is 3. The van der Waals surface area contributed by atoms with Crippen LogP contribution in [-0.4, -0.2) is 33.0 Å².